The molecule has 0 aliphatic carbocycles. The number of nitrogens with one attached hydrogen (secondary N) is 1. The molecule has 13 nitrogen and oxygen atoms in total. The Bertz CT molecular complexity index is 1140. The molecule has 2 aromatic rings. The second-order valence-electron chi connectivity index (χ2n) is 7.83. The molecule has 35 heavy (non-hydrogen) atoms. The molecule has 0 bridgehead atoms. The van der Waals surface area contributed by atoms with Crippen LogP contribution in [-0.2, 0) is 27.3 Å². The predicted molar refractivity (Wildman–Crippen MR) is 124 cm³/mol. The van der Waals surface area contributed by atoms with E-state index in [9.17, 15) is 19.5 Å². The number of anilines is 1. The molecule has 0 saturated carbocycles. The smallest absolute Gasteiger partial charge is 0.543 e. The average molecular weight is 564 g/mol. The number of amides is 2. The third-order valence-electron chi connectivity index (χ3n) is 5.10. The molecule has 2 atom stereocenters. The average Bonchev–Trinajstić information content (AvgIpc) is 3.41. The van der Waals surface area contributed by atoms with Gasteiger partial charge in [-0.1, -0.05) is 11.8 Å². The quantitative estimate of drug-likeness (QED) is 0.160. The largest absolute Gasteiger partial charge is 1.00 e. The molecule has 182 valence electrons. The number of hydrogen-bond acceptors (Lipinski definition) is 13. The van der Waals surface area contributed by atoms with Gasteiger partial charge in [0, 0.05) is 23.4 Å². The van der Waals surface area contributed by atoms with Gasteiger partial charge in [0.2, 0.25) is 11.1 Å². The number of aliphatic carboxylic acids is 1. The zero-order valence-electron chi connectivity index (χ0n) is 19.3. The van der Waals surface area contributed by atoms with Gasteiger partial charge in [0.05, 0.1) is 30.3 Å². The summed E-state index contributed by atoms with van der Waals surface area (Å²) in [6, 6.07) is -0.810. The van der Waals surface area contributed by atoms with Crippen molar-refractivity contribution in [3.8, 4) is 0 Å². The minimum Gasteiger partial charge on any atom is -0.543 e. The normalized spacial score (nSPS) is 19.3. The van der Waals surface area contributed by atoms with E-state index < -0.39 is 23.3 Å². The second kappa shape index (κ2) is 12.5. The maximum Gasteiger partial charge on any atom is 1.00 e. The van der Waals surface area contributed by atoms with Crippen molar-refractivity contribution >= 4 is 57.8 Å². The Morgan fingerprint density at radius 1 is 1.40 bits per heavy atom. The molecule has 1 saturated heterocycles. The maximum absolute atomic E-state index is 12.8. The number of carboxylic acid groups (broad SMARTS) is 1. The number of hydrogen-bond donors (Lipinski definition) is 2. The molecule has 0 unspecified atom stereocenters. The van der Waals surface area contributed by atoms with Crippen molar-refractivity contribution in [3.05, 3.63) is 22.3 Å². The number of nitrogens with two attached hydrogens (primary N) is 1. The molecule has 2 aliphatic heterocycles. The Balaban J connectivity index is 0.00000342. The molecule has 0 radical (unpaired) electrons. The van der Waals surface area contributed by atoms with E-state index in [0.29, 0.717) is 33.9 Å². The maximum atomic E-state index is 12.8. The van der Waals surface area contributed by atoms with Crippen molar-refractivity contribution in [2.24, 2.45) is 0 Å². The number of aromatic nitrogens is 5. The van der Waals surface area contributed by atoms with Crippen molar-refractivity contribution in [2.45, 2.75) is 29.5 Å². The van der Waals surface area contributed by atoms with Crippen LogP contribution in [0.2, 0.25) is 0 Å². The monoisotopic (exact) mass is 563 g/mol. The van der Waals surface area contributed by atoms with E-state index in [1.54, 1.807) is 10.1 Å². The number of tetrazole rings is 1. The molecule has 17 heteroatoms. The van der Waals surface area contributed by atoms with Crippen molar-refractivity contribution in [1.82, 2.24) is 40.3 Å². The summed E-state index contributed by atoms with van der Waals surface area (Å²) in [6.07, 6.45) is -0.0114. The first-order valence-electron chi connectivity index (χ1n) is 10.2. The van der Waals surface area contributed by atoms with Crippen LogP contribution in [0.4, 0.5) is 5.13 Å². The Kier molecular flexibility index (Phi) is 10.2. The number of rotatable bonds is 10. The van der Waals surface area contributed by atoms with Crippen LogP contribution < -0.4 is 67.5 Å². The van der Waals surface area contributed by atoms with Gasteiger partial charge in [-0.25, -0.2) is 9.67 Å². The van der Waals surface area contributed by atoms with Crippen LogP contribution in [0, 0.1) is 0 Å². The number of fused-ring (bicyclic) bond motifs is 1. The third kappa shape index (κ3) is 6.64. The minimum atomic E-state index is -1.43. The van der Waals surface area contributed by atoms with E-state index in [1.165, 1.54) is 39.8 Å². The van der Waals surface area contributed by atoms with Crippen LogP contribution in [0.5, 0.6) is 0 Å². The SMILES string of the molecule is CN(C)CCn1nnnc1SCC1=C(C(=O)[O-])N2C(=O)[C@@H](NC(=O)Cc3csc(N)n3)[C@@H]2SC1.[K+]. The Morgan fingerprint density at radius 3 is 2.83 bits per heavy atom. The van der Waals surface area contributed by atoms with Crippen molar-refractivity contribution in [2.75, 3.05) is 37.9 Å². The summed E-state index contributed by atoms with van der Waals surface area (Å²) in [5, 5.41) is 28.4. The van der Waals surface area contributed by atoms with Gasteiger partial charge in [-0.05, 0) is 30.1 Å². The van der Waals surface area contributed by atoms with E-state index >= 15 is 0 Å². The zero-order valence-corrected chi connectivity index (χ0v) is 24.9. The summed E-state index contributed by atoms with van der Waals surface area (Å²) in [6.45, 7) is 1.33. The molecule has 1 fully saturated rings. The van der Waals surface area contributed by atoms with E-state index in [2.05, 4.69) is 25.8 Å². The molecule has 0 aromatic carbocycles. The van der Waals surface area contributed by atoms with Crippen LogP contribution in [0.3, 0.4) is 0 Å². The molecular formula is C18H22KN9O4S3. The topological polar surface area (TPSA) is 175 Å². The molecule has 2 aromatic heterocycles. The van der Waals surface area contributed by atoms with Crippen LogP contribution in [-0.4, -0.2) is 96.3 Å². The Hall–Kier alpha value is -1.05. The van der Waals surface area contributed by atoms with Crippen LogP contribution >= 0.6 is 34.9 Å². The van der Waals surface area contributed by atoms with E-state index in [4.69, 9.17) is 5.73 Å². The van der Waals surface area contributed by atoms with Crippen molar-refractivity contribution in [1.29, 1.82) is 0 Å². The molecule has 4 rings (SSSR count). The number of nitrogens with zero attached hydrogens (tertiary/aromatic N) is 7. The molecule has 0 spiro atoms. The predicted octanol–water partition coefficient (Wildman–Crippen LogP) is -4.98. The van der Waals surface area contributed by atoms with Gasteiger partial charge in [0.25, 0.3) is 5.91 Å². The van der Waals surface area contributed by atoms with Gasteiger partial charge in [-0.2, -0.15) is 0 Å². The van der Waals surface area contributed by atoms with Gasteiger partial charge >= 0.3 is 51.4 Å². The zero-order chi connectivity index (χ0) is 24.4. The Labute approximate surface area is 256 Å². The summed E-state index contributed by atoms with van der Waals surface area (Å²) in [4.78, 5) is 44.3. The fourth-order valence-electron chi connectivity index (χ4n) is 3.46. The first-order chi connectivity index (χ1) is 16.2. The van der Waals surface area contributed by atoms with E-state index in [1.807, 2.05) is 19.0 Å². The van der Waals surface area contributed by atoms with Crippen molar-refractivity contribution in [3.63, 3.8) is 0 Å². The molecule has 3 N–H and O–H groups in total. The van der Waals surface area contributed by atoms with Crippen LogP contribution in [0.25, 0.3) is 0 Å². The minimum absolute atomic E-state index is 0. The van der Waals surface area contributed by atoms with Gasteiger partial charge in [-0.15, -0.1) is 28.2 Å². The summed E-state index contributed by atoms with van der Waals surface area (Å²) in [5.41, 5.74) is 6.49. The fourth-order valence-corrected chi connectivity index (χ4v) is 6.41. The Morgan fingerprint density at radius 2 is 2.17 bits per heavy atom. The van der Waals surface area contributed by atoms with Crippen LogP contribution in [0.15, 0.2) is 21.8 Å². The number of likely N-dealkylation sites (N-methyl/N-ethyl adjacent to an activating group) is 1. The van der Waals surface area contributed by atoms with Gasteiger partial charge in [0.1, 0.15) is 11.4 Å². The first-order valence-corrected chi connectivity index (χ1v) is 13.1. The summed E-state index contributed by atoms with van der Waals surface area (Å²) in [7, 11) is 3.89. The molecule has 4 heterocycles. The molecule has 2 aliphatic rings. The number of carbonyl (C=O) groups is 3. The van der Waals surface area contributed by atoms with E-state index in [-0.39, 0.29) is 75.2 Å². The van der Waals surface area contributed by atoms with E-state index in [0.717, 1.165) is 6.54 Å². The number of β-lactam (4-membered cyclic amide) rings is 1. The third-order valence-corrected chi connectivity index (χ3v) is 8.21. The summed E-state index contributed by atoms with van der Waals surface area (Å²) < 4.78 is 1.65. The number of thioether (sulfide) groups is 2. The van der Waals surface area contributed by atoms with Gasteiger partial charge in [0.15, 0.2) is 5.13 Å². The standard InChI is InChI=1S/C18H23N9O4S3.K/c1-25(2)3-4-26-18(22-23-24-26)34-7-9-6-32-15-12(14(29)27(15)13(9)16(30)31)21-11(28)5-10-8-33-17(19)20-10;/h8,12,15H,3-7H2,1-2H3,(H2,19,20)(H,21,28)(H,30,31);/q;+1/p-1/t12-,15+;/m1./s1. The number of carbonyl (C=O) groups excluding carboxylic acids is 3. The summed E-state index contributed by atoms with van der Waals surface area (Å²) >= 11 is 3.92. The fraction of sp³-hybridized carbons (Fsp3) is 0.500. The van der Waals surface area contributed by atoms with Gasteiger partial charge in [-0.3, -0.25) is 14.5 Å². The van der Waals surface area contributed by atoms with Crippen LogP contribution in [0.1, 0.15) is 5.69 Å². The van der Waals surface area contributed by atoms with Gasteiger partial charge < -0.3 is 25.9 Å². The number of nitrogen functional groups attached to an aromatic ring is 1. The first kappa shape index (κ1) is 28.5. The number of thiazole rings is 1. The molecular weight excluding hydrogens is 542 g/mol. The molecule has 2 amide bonds. The number of carboxylic acids is 1. The van der Waals surface area contributed by atoms with Crippen molar-refractivity contribution < 1.29 is 70.9 Å². The second-order valence-corrected chi connectivity index (χ2v) is 10.8. The summed E-state index contributed by atoms with van der Waals surface area (Å²) in [5.74, 6) is -1.63.